The Morgan fingerprint density at radius 1 is 0.576 bits per heavy atom. The molecule has 4 bridgehead atoms. The number of Topliss-reactive ketones (excluding diaryl/α,β-unsaturated/α-hetero) is 2. The van der Waals surface area contributed by atoms with Crippen LogP contribution in [0.4, 0.5) is 18.9 Å². The van der Waals surface area contributed by atoms with Gasteiger partial charge in [0.2, 0.25) is 0 Å². The number of hydrogen-bond donors (Lipinski definition) is 2. The van der Waals surface area contributed by atoms with E-state index in [0.717, 1.165) is 22.3 Å². The van der Waals surface area contributed by atoms with Crippen molar-refractivity contribution in [3.63, 3.8) is 0 Å². The number of ether oxygens (including phenoxy) is 2. The number of halogens is 3. The summed E-state index contributed by atoms with van der Waals surface area (Å²) in [6, 6.07) is 17.6. The number of amidine groups is 1. The standard InChI is InChI=1S/C30H38FN3O4S.C24H29FN4O2S.C20H26FN3O3S/c1-18-13-19(2)27(32-17-18)23(35)15-20-9-10-22(31)21(14-20)30(8)25-11-12-33-39(25,37)29(6,7)24(34-30)16-26(36)38-28(3,4)5;1-14-10-15(2)21(27-13-14)19(30)12-16-6-7-18(25)17(11-16)24(5)20-8-9-28-32(20,31)23(3,4)22(26)29-24;1-18(2)15-11-17(25)27-19(3,4)23-12-6-7-14(21)13(10-12)20(5,24-15)16-8-9-22-28(16,18)26/h9-10,13-14,17,25H,11-12,15-16H2,1-8H3;6-7,10-11,13,20H,8-9,12H2,1-5H3,(H2,26,29);6-7,10,16,23H,8-9,11H2,1-5H3/t25-,30+,39+;20-,24+,32+;16-,20+,28+/m000/s1. The number of rotatable bonds is 10. The summed E-state index contributed by atoms with van der Waals surface area (Å²) in [7, 11) is -8.46. The second-order valence-corrected chi connectivity index (χ2v) is 39.6. The molecule has 3 aromatic carbocycles. The molecule has 0 radical (unpaired) electrons. The molecule has 0 spiro atoms. The van der Waals surface area contributed by atoms with Gasteiger partial charge in [0.1, 0.15) is 61.6 Å². The predicted octanol–water partition coefficient (Wildman–Crippen LogP) is 13.2. The van der Waals surface area contributed by atoms with E-state index in [4.69, 9.17) is 30.2 Å². The minimum atomic E-state index is -2.93. The molecule has 0 amide bonds. The molecule has 0 aliphatic carbocycles. The highest BCUT2D eigenvalue weighted by Crippen LogP contribution is 2.52. The summed E-state index contributed by atoms with van der Waals surface area (Å²) in [5, 5.41) is 1.71. The number of esters is 2. The fourth-order valence-corrected chi connectivity index (χ4v) is 24.9. The second-order valence-electron chi connectivity index (χ2n) is 30.6. The van der Waals surface area contributed by atoms with Crippen LogP contribution in [0.15, 0.2) is 107 Å². The van der Waals surface area contributed by atoms with Crippen molar-refractivity contribution in [3.8, 4) is 0 Å². The number of cyclic esters (lactones) is 1. The highest BCUT2D eigenvalue weighted by atomic mass is 32.2. The fourth-order valence-electron chi connectivity index (χ4n) is 15.1. The summed E-state index contributed by atoms with van der Waals surface area (Å²) >= 11 is 0. The first-order chi connectivity index (χ1) is 45.8. The molecule has 99 heavy (non-hydrogen) atoms. The van der Waals surface area contributed by atoms with Gasteiger partial charge in [-0.3, -0.25) is 44.1 Å². The van der Waals surface area contributed by atoms with Crippen molar-refractivity contribution >= 4 is 75.6 Å². The van der Waals surface area contributed by atoms with Gasteiger partial charge in [0.25, 0.3) is 0 Å². The average molecular weight is 1420 g/mol. The van der Waals surface area contributed by atoms with E-state index in [1.54, 1.807) is 125 Å². The third kappa shape index (κ3) is 13.2. The van der Waals surface area contributed by atoms with Gasteiger partial charge in [-0.2, -0.15) is 0 Å². The Kier molecular flexibility index (Phi) is 19.4. The summed E-state index contributed by atoms with van der Waals surface area (Å²) in [4.78, 5) is 74.7. The number of anilines is 1. The van der Waals surface area contributed by atoms with E-state index in [9.17, 15) is 31.8 Å². The molecule has 3 N–H and O–H groups in total. The first-order valence-corrected chi connectivity index (χ1v) is 38.2. The van der Waals surface area contributed by atoms with Crippen molar-refractivity contribution in [1.29, 1.82) is 0 Å². The van der Waals surface area contributed by atoms with Crippen LogP contribution < -0.4 is 11.1 Å². The Balaban J connectivity index is 0.000000163. The lowest BCUT2D eigenvalue weighted by Gasteiger charge is -2.46. The van der Waals surface area contributed by atoms with Crippen LogP contribution in [0.2, 0.25) is 0 Å². The highest BCUT2D eigenvalue weighted by Gasteiger charge is 2.60. The molecule has 0 saturated heterocycles. The molecule has 0 fully saturated rings. The van der Waals surface area contributed by atoms with E-state index in [0.29, 0.717) is 89.6 Å². The second kappa shape index (κ2) is 25.8. The van der Waals surface area contributed by atoms with Crippen molar-refractivity contribution in [2.75, 3.05) is 25.0 Å². The number of carbonyl (C=O) groups is 4. The van der Waals surface area contributed by atoms with E-state index in [1.807, 2.05) is 60.6 Å². The van der Waals surface area contributed by atoms with E-state index in [-0.39, 0.29) is 48.6 Å². The number of benzene rings is 3. The molecule has 2 aromatic heterocycles. The third-order valence-electron chi connectivity index (χ3n) is 20.6. The van der Waals surface area contributed by atoms with Gasteiger partial charge in [0.05, 0.1) is 67.3 Å². The summed E-state index contributed by atoms with van der Waals surface area (Å²) in [6.45, 7) is 33.7. The van der Waals surface area contributed by atoms with Gasteiger partial charge >= 0.3 is 11.9 Å². The van der Waals surface area contributed by atoms with E-state index in [1.165, 1.54) is 18.2 Å². The van der Waals surface area contributed by atoms with Crippen molar-refractivity contribution in [2.24, 2.45) is 33.8 Å². The SMILES string of the molecule is CC1(C)Nc2ccc(F)c(c2)[C@@]2(C)N=C(CC(=O)O1)C(C)(C)[S@@]1(=O)=NCC[C@@H]21.Cc1cnc(C(=O)Cc2ccc(F)c([C@@]3(C)N=C(CC(=O)OC(C)(C)C)C(C)(C)[S@@]4(=O)=NCC[C@@H]34)c2)c(C)c1.Cc1cnc(C(=O)Cc2ccc(F)c([C@@]3(C)N=C(N)C(C)(C)[S@@]4(=O)=NCC[C@@H]34)c2)c(C)c1. The van der Waals surface area contributed by atoms with Crippen molar-refractivity contribution in [1.82, 2.24) is 9.97 Å². The lowest BCUT2D eigenvalue weighted by atomic mass is 9.84. The summed E-state index contributed by atoms with van der Waals surface area (Å²) < 4.78 is 110. The van der Waals surface area contributed by atoms with Crippen molar-refractivity contribution in [2.45, 2.75) is 228 Å². The lowest BCUT2D eigenvalue weighted by Crippen LogP contribution is -2.58. The molecule has 532 valence electrons. The Morgan fingerprint density at radius 3 is 1.44 bits per heavy atom. The number of carbonyl (C=O) groups excluding carboxylic acids is 4. The first kappa shape index (κ1) is 74.2. The molecule has 7 aliphatic rings. The molecule has 25 heteroatoms. The fraction of sp³-hybridized carbons (Fsp3) is 0.527. The molecule has 7 aliphatic heterocycles. The highest BCUT2D eigenvalue weighted by molar-refractivity contribution is 7.97. The van der Waals surface area contributed by atoms with Gasteiger partial charge < -0.3 is 20.5 Å². The van der Waals surface area contributed by atoms with Crippen molar-refractivity contribution < 1.29 is 54.4 Å². The number of hydrogen-bond acceptors (Lipinski definition) is 19. The number of pyridine rings is 2. The number of fused-ring (bicyclic) bond motifs is 8. The lowest BCUT2D eigenvalue weighted by molar-refractivity contribution is -0.154. The largest absolute Gasteiger partial charge is 0.460 e. The van der Waals surface area contributed by atoms with Crippen LogP contribution in [0.5, 0.6) is 0 Å². The van der Waals surface area contributed by atoms with E-state index in [2.05, 4.69) is 28.4 Å². The van der Waals surface area contributed by atoms with Crippen LogP contribution >= 0.6 is 0 Å². The van der Waals surface area contributed by atoms with E-state index < -0.39 is 117 Å². The van der Waals surface area contributed by atoms with Gasteiger partial charge in [-0.25, -0.2) is 38.9 Å². The van der Waals surface area contributed by atoms with Crippen LogP contribution in [0.25, 0.3) is 0 Å². The van der Waals surface area contributed by atoms with Crippen LogP contribution in [0.1, 0.15) is 200 Å². The quantitative estimate of drug-likeness (QED) is 0.0973. The van der Waals surface area contributed by atoms with Gasteiger partial charge in [0.15, 0.2) is 17.3 Å². The number of aryl methyl sites for hydroxylation is 4. The molecule has 9 atom stereocenters. The monoisotopic (exact) mass is 1420 g/mol. The Bertz CT molecular complexity index is 4720. The van der Waals surface area contributed by atoms with Crippen LogP contribution in [-0.4, -0.2) is 124 Å². The zero-order chi connectivity index (χ0) is 73.0. The molecule has 12 rings (SSSR count). The van der Waals surface area contributed by atoms with Gasteiger partial charge in [-0.1, -0.05) is 24.3 Å². The van der Waals surface area contributed by atoms with Crippen LogP contribution in [-0.2, 0) is 77.7 Å². The molecule has 0 unspecified atom stereocenters. The zero-order valence-corrected chi connectivity index (χ0v) is 62.4. The number of nitrogens with zero attached hydrogens (tertiary/aromatic N) is 8. The van der Waals surface area contributed by atoms with Gasteiger partial charge in [-0.15, -0.1) is 0 Å². The smallest absolute Gasteiger partial charge is 0.313 e. The zero-order valence-electron chi connectivity index (χ0n) is 60.0. The van der Waals surface area contributed by atoms with Crippen molar-refractivity contribution in [3.05, 3.63) is 158 Å². The maximum absolute atomic E-state index is 15.6. The number of aliphatic imine (C=N–C) groups is 3. The molecular weight excluding hydrogens is 1330 g/mol. The maximum Gasteiger partial charge on any atom is 0.313 e. The number of aromatic nitrogens is 2. The summed E-state index contributed by atoms with van der Waals surface area (Å²) in [5.74, 6) is -2.43. The number of nitrogens with one attached hydrogen (secondary N) is 1. The summed E-state index contributed by atoms with van der Waals surface area (Å²) in [6.07, 6.45) is 4.76. The molecule has 9 heterocycles. The molecule has 5 aromatic rings. The Hall–Kier alpha value is -7.51. The topological polar surface area (TPSA) is 276 Å². The summed E-state index contributed by atoms with van der Waals surface area (Å²) in [5.41, 5.74) is 9.08. The van der Waals surface area contributed by atoms with Crippen LogP contribution in [0, 0.1) is 45.1 Å². The molecule has 19 nitrogen and oxygen atoms in total. The Labute approximate surface area is 581 Å². The van der Waals surface area contributed by atoms with Crippen LogP contribution in [0.3, 0.4) is 0 Å². The normalized spacial score (nSPS) is 29.4. The van der Waals surface area contributed by atoms with Gasteiger partial charge in [-0.05, 0) is 220 Å². The first-order valence-electron chi connectivity index (χ1n) is 33.5. The van der Waals surface area contributed by atoms with Gasteiger partial charge in [0, 0.05) is 78.7 Å². The maximum atomic E-state index is 15.6. The third-order valence-corrected chi connectivity index (χ3v) is 31.7. The minimum absolute atomic E-state index is 0.0324. The average Bonchev–Trinajstić information content (AvgIpc) is 1.67. The predicted molar refractivity (Wildman–Crippen MR) is 384 cm³/mol. The molecule has 0 saturated carbocycles. The molecular formula is C74H93F3N10O9S3. The number of nitrogens with two attached hydrogens (primary N) is 1. The van der Waals surface area contributed by atoms with E-state index >= 15 is 13.2 Å². The Morgan fingerprint density at radius 2 is 0.990 bits per heavy atom. The minimum Gasteiger partial charge on any atom is -0.460 e. The number of ketones is 2.